The van der Waals surface area contributed by atoms with Gasteiger partial charge in [-0.2, -0.15) is 0 Å². The SMILES string of the molecule is CCC(N)C(C)Cc1ncc(C)c([N+](=O)[O-])c1C. The first-order chi connectivity index (χ1) is 8.38. The Kier molecular flexibility index (Phi) is 4.78. The van der Waals surface area contributed by atoms with Crippen molar-refractivity contribution in [3.05, 3.63) is 33.1 Å². The summed E-state index contributed by atoms with van der Waals surface area (Å²) in [4.78, 5) is 15.0. The largest absolute Gasteiger partial charge is 0.327 e. The fraction of sp³-hybridized carbons (Fsp3) is 0.615. The Hall–Kier alpha value is -1.49. The molecule has 2 atom stereocenters. The summed E-state index contributed by atoms with van der Waals surface area (Å²) in [6.07, 6.45) is 3.15. The molecule has 0 radical (unpaired) electrons. The van der Waals surface area contributed by atoms with Crippen molar-refractivity contribution in [1.82, 2.24) is 4.98 Å². The molecule has 2 N–H and O–H groups in total. The Morgan fingerprint density at radius 3 is 2.61 bits per heavy atom. The van der Waals surface area contributed by atoms with Crippen LogP contribution in [-0.2, 0) is 6.42 Å². The van der Waals surface area contributed by atoms with Crippen LogP contribution in [0.5, 0.6) is 0 Å². The highest BCUT2D eigenvalue weighted by molar-refractivity contribution is 5.47. The summed E-state index contributed by atoms with van der Waals surface area (Å²) in [6.45, 7) is 7.57. The maximum atomic E-state index is 11.0. The molecule has 2 unspecified atom stereocenters. The molecule has 0 spiro atoms. The zero-order chi connectivity index (χ0) is 13.9. The second-order valence-corrected chi connectivity index (χ2v) is 4.87. The molecule has 1 aromatic rings. The molecule has 0 amide bonds. The van der Waals surface area contributed by atoms with Gasteiger partial charge in [-0.1, -0.05) is 13.8 Å². The average Bonchev–Trinajstić information content (AvgIpc) is 2.31. The maximum Gasteiger partial charge on any atom is 0.278 e. The highest BCUT2D eigenvalue weighted by Crippen LogP contribution is 2.26. The van der Waals surface area contributed by atoms with E-state index in [1.807, 2.05) is 6.92 Å². The molecule has 0 saturated carbocycles. The lowest BCUT2D eigenvalue weighted by molar-refractivity contribution is -0.386. The molecule has 1 rings (SSSR count). The van der Waals surface area contributed by atoms with Gasteiger partial charge in [0.2, 0.25) is 0 Å². The zero-order valence-corrected chi connectivity index (χ0v) is 11.4. The van der Waals surface area contributed by atoms with Crippen LogP contribution in [0.2, 0.25) is 0 Å². The van der Waals surface area contributed by atoms with E-state index in [0.29, 0.717) is 17.5 Å². The first kappa shape index (κ1) is 14.6. The Labute approximate surface area is 108 Å². The molecule has 0 aliphatic heterocycles. The summed E-state index contributed by atoms with van der Waals surface area (Å²) >= 11 is 0. The molecule has 18 heavy (non-hydrogen) atoms. The third-order valence-corrected chi connectivity index (χ3v) is 3.48. The van der Waals surface area contributed by atoms with Crippen LogP contribution >= 0.6 is 0 Å². The van der Waals surface area contributed by atoms with E-state index < -0.39 is 0 Å². The van der Waals surface area contributed by atoms with Crippen molar-refractivity contribution in [1.29, 1.82) is 0 Å². The summed E-state index contributed by atoms with van der Waals surface area (Å²) < 4.78 is 0. The molecule has 0 aromatic carbocycles. The topological polar surface area (TPSA) is 82.0 Å². The minimum absolute atomic E-state index is 0.103. The zero-order valence-electron chi connectivity index (χ0n) is 11.4. The lowest BCUT2D eigenvalue weighted by Gasteiger charge is -2.18. The van der Waals surface area contributed by atoms with Crippen LogP contribution in [0.15, 0.2) is 6.20 Å². The molecule has 0 fully saturated rings. The van der Waals surface area contributed by atoms with Crippen molar-refractivity contribution in [2.24, 2.45) is 11.7 Å². The normalized spacial score (nSPS) is 14.3. The van der Waals surface area contributed by atoms with Gasteiger partial charge >= 0.3 is 0 Å². The van der Waals surface area contributed by atoms with Crippen LogP contribution in [0.1, 0.15) is 37.1 Å². The molecule has 1 heterocycles. The van der Waals surface area contributed by atoms with Crippen LogP contribution in [0.3, 0.4) is 0 Å². The van der Waals surface area contributed by atoms with E-state index in [9.17, 15) is 10.1 Å². The number of rotatable bonds is 5. The van der Waals surface area contributed by atoms with E-state index in [1.165, 1.54) is 0 Å². The van der Waals surface area contributed by atoms with E-state index >= 15 is 0 Å². The van der Waals surface area contributed by atoms with Crippen molar-refractivity contribution in [3.63, 3.8) is 0 Å². The van der Waals surface area contributed by atoms with E-state index in [2.05, 4.69) is 11.9 Å². The Morgan fingerprint density at radius 2 is 2.11 bits per heavy atom. The number of nitrogens with zero attached hydrogens (tertiary/aromatic N) is 2. The molecule has 5 nitrogen and oxygen atoms in total. The van der Waals surface area contributed by atoms with Crippen LogP contribution in [0, 0.1) is 29.9 Å². The fourth-order valence-corrected chi connectivity index (χ4v) is 2.11. The second kappa shape index (κ2) is 5.91. The molecule has 0 saturated heterocycles. The van der Waals surface area contributed by atoms with Gasteiger partial charge in [-0.25, -0.2) is 0 Å². The minimum Gasteiger partial charge on any atom is -0.327 e. The number of pyridine rings is 1. The van der Waals surface area contributed by atoms with Crippen LogP contribution < -0.4 is 5.73 Å². The van der Waals surface area contributed by atoms with Crippen LogP contribution in [0.4, 0.5) is 5.69 Å². The summed E-state index contributed by atoms with van der Waals surface area (Å²) in [5, 5.41) is 11.0. The monoisotopic (exact) mass is 251 g/mol. The number of aryl methyl sites for hydroxylation is 1. The molecule has 100 valence electrons. The lowest BCUT2D eigenvalue weighted by atomic mass is 9.93. The first-order valence-corrected chi connectivity index (χ1v) is 6.23. The van der Waals surface area contributed by atoms with Crippen LogP contribution in [0.25, 0.3) is 0 Å². The van der Waals surface area contributed by atoms with Gasteiger partial charge in [0.05, 0.1) is 10.6 Å². The number of nitro groups is 1. The molecular formula is C13H21N3O2. The van der Waals surface area contributed by atoms with Crippen molar-refractivity contribution in [2.45, 2.75) is 46.6 Å². The van der Waals surface area contributed by atoms with Gasteiger partial charge in [-0.3, -0.25) is 15.1 Å². The van der Waals surface area contributed by atoms with Crippen molar-refractivity contribution >= 4 is 5.69 Å². The minimum atomic E-state index is -0.333. The standard InChI is InChI=1S/C13H21N3O2/c1-5-11(14)8(2)6-12-10(4)13(16(17)18)9(3)7-15-12/h7-8,11H,5-6,14H2,1-4H3. The van der Waals surface area contributed by atoms with Gasteiger partial charge in [0.1, 0.15) is 0 Å². The van der Waals surface area contributed by atoms with Crippen LogP contribution in [-0.4, -0.2) is 15.9 Å². The van der Waals surface area contributed by atoms with E-state index in [0.717, 1.165) is 12.1 Å². The smallest absolute Gasteiger partial charge is 0.278 e. The molecule has 5 heteroatoms. The van der Waals surface area contributed by atoms with Gasteiger partial charge in [0.15, 0.2) is 0 Å². The van der Waals surface area contributed by atoms with Crippen molar-refractivity contribution in [2.75, 3.05) is 0 Å². The highest BCUT2D eigenvalue weighted by atomic mass is 16.6. The van der Waals surface area contributed by atoms with E-state index in [4.69, 9.17) is 5.73 Å². The molecule has 0 bridgehead atoms. The lowest BCUT2D eigenvalue weighted by Crippen LogP contribution is -2.29. The van der Waals surface area contributed by atoms with Crippen molar-refractivity contribution < 1.29 is 4.92 Å². The first-order valence-electron chi connectivity index (χ1n) is 6.23. The predicted octanol–water partition coefficient (Wildman–Crippen LogP) is 2.52. The Balaban J connectivity index is 3.05. The molecule has 0 aliphatic rings. The molecule has 0 aliphatic carbocycles. The van der Waals surface area contributed by atoms with Gasteiger partial charge < -0.3 is 5.73 Å². The summed E-state index contributed by atoms with van der Waals surface area (Å²) in [6, 6.07) is 0.103. The summed E-state index contributed by atoms with van der Waals surface area (Å²) in [5.41, 5.74) is 8.21. The van der Waals surface area contributed by atoms with Gasteiger partial charge in [0.25, 0.3) is 5.69 Å². The van der Waals surface area contributed by atoms with Gasteiger partial charge in [-0.05, 0) is 32.6 Å². The number of hydrogen-bond acceptors (Lipinski definition) is 4. The van der Waals surface area contributed by atoms with Gasteiger partial charge in [0, 0.05) is 23.4 Å². The fourth-order valence-electron chi connectivity index (χ4n) is 2.11. The molecular weight excluding hydrogens is 230 g/mol. The average molecular weight is 251 g/mol. The Morgan fingerprint density at radius 1 is 1.50 bits per heavy atom. The third kappa shape index (κ3) is 3.04. The third-order valence-electron chi connectivity index (χ3n) is 3.48. The van der Waals surface area contributed by atoms with E-state index in [1.54, 1.807) is 20.0 Å². The number of aromatic nitrogens is 1. The number of hydrogen-bond donors (Lipinski definition) is 1. The van der Waals surface area contributed by atoms with Crippen molar-refractivity contribution in [3.8, 4) is 0 Å². The quantitative estimate of drug-likeness (QED) is 0.644. The summed E-state index contributed by atoms with van der Waals surface area (Å²) in [5.74, 6) is 0.267. The second-order valence-electron chi connectivity index (χ2n) is 4.87. The number of nitrogens with two attached hydrogens (primary N) is 1. The maximum absolute atomic E-state index is 11.0. The predicted molar refractivity (Wildman–Crippen MR) is 71.5 cm³/mol. The molecule has 1 aromatic heterocycles. The Bertz CT molecular complexity index is 446. The summed E-state index contributed by atoms with van der Waals surface area (Å²) in [7, 11) is 0. The van der Waals surface area contributed by atoms with Gasteiger partial charge in [-0.15, -0.1) is 0 Å². The van der Waals surface area contributed by atoms with E-state index in [-0.39, 0.29) is 22.6 Å². The highest BCUT2D eigenvalue weighted by Gasteiger charge is 2.21.